The van der Waals surface area contributed by atoms with Crippen LogP contribution in [0.1, 0.15) is 31.9 Å². The molecule has 0 bridgehead atoms. The third-order valence-electron chi connectivity index (χ3n) is 3.80. The molecule has 1 aromatic carbocycles. The highest BCUT2D eigenvalue weighted by Crippen LogP contribution is 2.39. The standard InChI is InChI=1S/C18H21N5O3/c1-18(2,3)25-17(24)21-14-7-15-11(10-22(4)26-15)6-13(14)16-12(8-19)9-20-23(16)5/h6-7,9H,10H2,1-5H3,(H,21,24). The van der Waals surface area contributed by atoms with Gasteiger partial charge in [0, 0.05) is 31.3 Å². The van der Waals surface area contributed by atoms with Crippen molar-refractivity contribution in [1.82, 2.24) is 14.8 Å². The van der Waals surface area contributed by atoms with Crippen LogP contribution in [0, 0.1) is 11.3 Å². The fourth-order valence-electron chi connectivity index (χ4n) is 2.82. The van der Waals surface area contributed by atoms with Gasteiger partial charge in [0.15, 0.2) is 5.75 Å². The number of carbonyl (C=O) groups excluding carboxylic acids is 1. The van der Waals surface area contributed by atoms with Crippen LogP contribution in [0.3, 0.4) is 0 Å². The van der Waals surface area contributed by atoms with Crippen molar-refractivity contribution in [1.29, 1.82) is 5.26 Å². The van der Waals surface area contributed by atoms with Gasteiger partial charge in [-0.1, -0.05) is 0 Å². The minimum Gasteiger partial charge on any atom is -0.444 e. The normalized spacial score (nSPS) is 13.7. The molecular formula is C18H21N5O3. The fourth-order valence-corrected chi connectivity index (χ4v) is 2.82. The molecule has 0 atom stereocenters. The summed E-state index contributed by atoms with van der Waals surface area (Å²) >= 11 is 0. The summed E-state index contributed by atoms with van der Waals surface area (Å²) in [5, 5.41) is 18.0. The van der Waals surface area contributed by atoms with Crippen LogP contribution in [0.4, 0.5) is 10.5 Å². The molecule has 2 heterocycles. The summed E-state index contributed by atoms with van der Waals surface area (Å²) in [6.07, 6.45) is 0.924. The average Bonchev–Trinajstić information content (AvgIpc) is 3.05. The monoisotopic (exact) mass is 355 g/mol. The number of aryl methyl sites for hydroxylation is 1. The van der Waals surface area contributed by atoms with Gasteiger partial charge >= 0.3 is 6.09 Å². The molecule has 1 amide bonds. The molecule has 2 aromatic rings. The van der Waals surface area contributed by atoms with E-state index in [9.17, 15) is 10.1 Å². The van der Waals surface area contributed by atoms with Crippen LogP contribution in [0.15, 0.2) is 18.3 Å². The van der Waals surface area contributed by atoms with Crippen LogP contribution in [0.5, 0.6) is 5.75 Å². The Morgan fingerprint density at radius 2 is 2.12 bits per heavy atom. The quantitative estimate of drug-likeness (QED) is 0.890. The van der Waals surface area contributed by atoms with E-state index < -0.39 is 11.7 Å². The molecule has 0 saturated heterocycles. The van der Waals surface area contributed by atoms with Crippen molar-refractivity contribution in [3.8, 4) is 23.1 Å². The Labute approximate surface area is 151 Å². The number of fused-ring (bicyclic) bond motifs is 1. The van der Waals surface area contributed by atoms with E-state index in [1.54, 1.807) is 43.6 Å². The first-order chi connectivity index (χ1) is 12.2. The number of nitriles is 1. The van der Waals surface area contributed by atoms with Gasteiger partial charge < -0.3 is 9.57 Å². The van der Waals surface area contributed by atoms with Gasteiger partial charge in [-0.15, -0.1) is 5.06 Å². The zero-order valence-electron chi connectivity index (χ0n) is 15.5. The summed E-state index contributed by atoms with van der Waals surface area (Å²) in [7, 11) is 3.58. The zero-order chi connectivity index (χ0) is 19.1. The maximum absolute atomic E-state index is 12.3. The van der Waals surface area contributed by atoms with E-state index in [0.717, 1.165) is 5.56 Å². The summed E-state index contributed by atoms with van der Waals surface area (Å²) in [5.41, 5.74) is 2.56. The summed E-state index contributed by atoms with van der Waals surface area (Å²) in [6, 6.07) is 5.79. The first kappa shape index (κ1) is 17.8. The smallest absolute Gasteiger partial charge is 0.412 e. The predicted molar refractivity (Wildman–Crippen MR) is 95.3 cm³/mol. The summed E-state index contributed by atoms with van der Waals surface area (Å²) < 4.78 is 6.96. The van der Waals surface area contributed by atoms with Crippen LogP contribution in [0.25, 0.3) is 11.3 Å². The average molecular weight is 355 g/mol. The predicted octanol–water partition coefficient (Wildman–Crippen LogP) is 3.04. The molecule has 0 unspecified atom stereocenters. The van der Waals surface area contributed by atoms with E-state index >= 15 is 0 Å². The minimum absolute atomic E-state index is 0.423. The number of amides is 1. The van der Waals surface area contributed by atoms with Crippen molar-refractivity contribution in [3.05, 3.63) is 29.5 Å². The van der Waals surface area contributed by atoms with Gasteiger partial charge in [-0.25, -0.2) is 4.79 Å². The van der Waals surface area contributed by atoms with Crippen molar-refractivity contribution in [2.24, 2.45) is 7.05 Å². The van der Waals surface area contributed by atoms with Crippen LogP contribution in [-0.4, -0.2) is 33.6 Å². The van der Waals surface area contributed by atoms with Crippen molar-refractivity contribution in [3.63, 3.8) is 0 Å². The second-order valence-electron chi connectivity index (χ2n) is 7.15. The Kier molecular flexibility index (Phi) is 4.34. The van der Waals surface area contributed by atoms with Crippen molar-refractivity contribution >= 4 is 11.8 Å². The number of benzene rings is 1. The Hall–Kier alpha value is -3.05. The molecule has 1 aliphatic rings. The molecule has 0 fully saturated rings. The van der Waals surface area contributed by atoms with E-state index in [1.165, 1.54) is 6.20 Å². The Morgan fingerprint density at radius 1 is 1.38 bits per heavy atom. The molecule has 26 heavy (non-hydrogen) atoms. The first-order valence-electron chi connectivity index (χ1n) is 8.16. The number of rotatable bonds is 2. The van der Waals surface area contributed by atoms with Crippen LogP contribution >= 0.6 is 0 Å². The molecular weight excluding hydrogens is 334 g/mol. The van der Waals surface area contributed by atoms with Gasteiger partial charge in [0.05, 0.1) is 29.7 Å². The molecule has 1 N–H and O–H groups in total. The number of aromatic nitrogens is 2. The molecule has 136 valence electrons. The number of hydrogen-bond acceptors (Lipinski definition) is 6. The van der Waals surface area contributed by atoms with E-state index in [4.69, 9.17) is 9.57 Å². The van der Waals surface area contributed by atoms with Gasteiger partial charge in [0.1, 0.15) is 11.7 Å². The van der Waals surface area contributed by atoms with E-state index in [1.807, 2.05) is 13.1 Å². The Bertz CT molecular complexity index is 905. The van der Waals surface area contributed by atoms with E-state index in [0.29, 0.717) is 34.8 Å². The third kappa shape index (κ3) is 3.48. The van der Waals surface area contributed by atoms with Gasteiger partial charge in [-0.05, 0) is 26.8 Å². The lowest BCUT2D eigenvalue weighted by molar-refractivity contribution is -0.0136. The Balaban J connectivity index is 2.08. The number of hydroxylamine groups is 2. The van der Waals surface area contributed by atoms with Crippen LogP contribution in [-0.2, 0) is 18.3 Å². The van der Waals surface area contributed by atoms with Crippen LogP contribution < -0.4 is 10.2 Å². The van der Waals surface area contributed by atoms with Gasteiger partial charge in [0.2, 0.25) is 0 Å². The lowest BCUT2D eigenvalue weighted by atomic mass is 10.0. The molecule has 8 nitrogen and oxygen atoms in total. The number of anilines is 1. The largest absolute Gasteiger partial charge is 0.444 e. The molecule has 0 radical (unpaired) electrons. The maximum Gasteiger partial charge on any atom is 0.412 e. The number of hydrogen-bond donors (Lipinski definition) is 1. The SMILES string of the molecule is CN1Cc2cc(-c3c(C#N)cnn3C)c(NC(=O)OC(C)(C)C)cc2O1. The highest BCUT2D eigenvalue weighted by molar-refractivity contribution is 5.93. The molecule has 1 aliphatic heterocycles. The minimum atomic E-state index is -0.623. The maximum atomic E-state index is 12.3. The van der Waals surface area contributed by atoms with E-state index in [2.05, 4.69) is 16.5 Å². The highest BCUT2D eigenvalue weighted by Gasteiger charge is 2.25. The lowest BCUT2D eigenvalue weighted by Crippen LogP contribution is -2.27. The second kappa shape index (κ2) is 6.35. The topological polar surface area (TPSA) is 92.4 Å². The molecule has 0 aliphatic carbocycles. The molecule has 8 heteroatoms. The highest BCUT2D eigenvalue weighted by atomic mass is 16.7. The summed E-state index contributed by atoms with van der Waals surface area (Å²) in [6.45, 7) is 5.99. The molecule has 0 spiro atoms. The van der Waals surface area contributed by atoms with Crippen molar-refractivity contribution in [2.75, 3.05) is 12.4 Å². The summed E-state index contributed by atoms with van der Waals surface area (Å²) in [4.78, 5) is 17.9. The van der Waals surface area contributed by atoms with E-state index in [-0.39, 0.29) is 0 Å². The second-order valence-corrected chi connectivity index (χ2v) is 7.15. The van der Waals surface area contributed by atoms with Crippen molar-refractivity contribution < 1.29 is 14.4 Å². The summed E-state index contributed by atoms with van der Waals surface area (Å²) in [5.74, 6) is 0.656. The molecule has 3 rings (SSSR count). The lowest BCUT2D eigenvalue weighted by Gasteiger charge is -2.21. The third-order valence-corrected chi connectivity index (χ3v) is 3.80. The van der Waals surface area contributed by atoms with Crippen molar-refractivity contribution in [2.45, 2.75) is 32.9 Å². The van der Waals surface area contributed by atoms with Gasteiger partial charge in [-0.3, -0.25) is 10.00 Å². The molecule has 0 saturated carbocycles. The zero-order valence-corrected chi connectivity index (χ0v) is 15.5. The van der Waals surface area contributed by atoms with Gasteiger partial charge in [0.25, 0.3) is 0 Å². The number of nitrogens with one attached hydrogen (secondary N) is 1. The number of nitrogens with zero attached hydrogens (tertiary/aromatic N) is 4. The number of ether oxygens (including phenoxy) is 1. The van der Waals surface area contributed by atoms with Crippen LogP contribution in [0.2, 0.25) is 0 Å². The van der Waals surface area contributed by atoms with Gasteiger partial charge in [-0.2, -0.15) is 10.4 Å². The fraction of sp³-hybridized carbons (Fsp3) is 0.389. The first-order valence-corrected chi connectivity index (χ1v) is 8.16. The number of carbonyl (C=O) groups is 1. The Morgan fingerprint density at radius 3 is 2.77 bits per heavy atom. The molecule has 1 aromatic heterocycles.